The summed E-state index contributed by atoms with van der Waals surface area (Å²) in [7, 11) is 0. The molecule has 0 radical (unpaired) electrons. The van der Waals surface area contributed by atoms with Crippen LogP contribution in [-0.4, -0.2) is 23.0 Å². The van der Waals surface area contributed by atoms with Crippen LogP contribution in [0.5, 0.6) is 0 Å². The molecular formula is C14H17FN2S. The maximum absolute atomic E-state index is 13.8. The maximum atomic E-state index is 13.8. The highest BCUT2D eigenvalue weighted by molar-refractivity contribution is 7.80. The standard InChI is InChI=1S/C14H17FN2S/c1-3-9-17(10-4-2)13(14(16)18)11-7-5-6-8-12(11)15/h3-8,13H,1-2,9-10H2,(H2,16,18). The van der Waals surface area contributed by atoms with Crippen molar-refractivity contribution < 1.29 is 4.39 Å². The lowest BCUT2D eigenvalue weighted by atomic mass is 10.0. The van der Waals surface area contributed by atoms with Gasteiger partial charge < -0.3 is 5.73 Å². The van der Waals surface area contributed by atoms with E-state index in [1.165, 1.54) is 6.07 Å². The Hall–Kier alpha value is -1.52. The van der Waals surface area contributed by atoms with E-state index < -0.39 is 6.04 Å². The minimum absolute atomic E-state index is 0.240. The Balaban J connectivity index is 3.15. The average Bonchev–Trinajstić information content (AvgIpc) is 2.32. The fourth-order valence-electron chi connectivity index (χ4n) is 1.84. The van der Waals surface area contributed by atoms with Gasteiger partial charge in [-0.15, -0.1) is 13.2 Å². The smallest absolute Gasteiger partial charge is 0.128 e. The molecule has 0 spiro atoms. The Labute approximate surface area is 113 Å². The molecule has 0 bridgehead atoms. The fourth-order valence-corrected chi connectivity index (χ4v) is 2.12. The van der Waals surface area contributed by atoms with Gasteiger partial charge in [0.15, 0.2) is 0 Å². The zero-order valence-corrected chi connectivity index (χ0v) is 11.0. The molecule has 0 aliphatic rings. The van der Waals surface area contributed by atoms with Gasteiger partial charge >= 0.3 is 0 Å². The number of halogens is 1. The van der Waals surface area contributed by atoms with Gasteiger partial charge in [0.1, 0.15) is 5.82 Å². The Bertz CT molecular complexity index is 435. The number of rotatable bonds is 7. The van der Waals surface area contributed by atoms with Crippen molar-refractivity contribution in [1.29, 1.82) is 0 Å². The first-order valence-corrected chi connectivity index (χ1v) is 6.02. The summed E-state index contributed by atoms with van der Waals surface area (Å²) in [5.41, 5.74) is 6.23. The molecule has 0 saturated carbocycles. The third-order valence-electron chi connectivity index (χ3n) is 2.56. The normalized spacial score (nSPS) is 12.1. The Kier molecular flexibility index (Phi) is 5.68. The van der Waals surface area contributed by atoms with E-state index in [0.717, 1.165) is 0 Å². The lowest BCUT2D eigenvalue weighted by Gasteiger charge is -2.29. The molecule has 2 nitrogen and oxygen atoms in total. The van der Waals surface area contributed by atoms with Gasteiger partial charge in [-0.05, 0) is 6.07 Å². The molecule has 1 rings (SSSR count). The molecule has 1 aromatic carbocycles. The predicted molar refractivity (Wildman–Crippen MR) is 77.9 cm³/mol. The van der Waals surface area contributed by atoms with Crippen molar-refractivity contribution in [3.8, 4) is 0 Å². The van der Waals surface area contributed by atoms with Crippen LogP contribution < -0.4 is 5.73 Å². The second kappa shape index (κ2) is 7.03. The van der Waals surface area contributed by atoms with Gasteiger partial charge in [-0.25, -0.2) is 4.39 Å². The molecule has 18 heavy (non-hydrogen) atoms. The van der Waals surface area contributed by atoms with E-state index in [4.69, 9.17) is 18.0 Å². The Morgan fingerprint density at radius 2 is 1.89 bits per heavy atom. The summed E-state index contributed by atoms with van der Waals surface area (Å²) in [6.07, 6.45) is 3.46. The van der Waals surface area contributed by atoms with Gasteiger partial charge in [-0.3, -0.25) is 4.90 Å². The van der Waals surface area contributed by atoms with Gasteiger partial charge in [0.05, 0.1) is 11.0 Å². The highest BCUT2D eigenvalue weighted by Gasteiger charge is 2.23. The molecule has 0 fully saturated rings. The van der Waals surface area contributed by atoms with Crippen molar-refractivity contribution in [3.05, 3.63) is 61.0 Å². The first-order chi connectivity index (χ1) is 8.61. The summed E-state index contributed by atoms with van der Waals surface area (Å²) in [4.78, 5) is 2.16. The number of hydrogen-bond donors (Lipinski definition) is 1. The second-order valence-corrected chi connectivity index (χ2v) is 4.33. The van der Waals surface area contributed by atoms with E-state index in [1.807, 2.05) is 4.90 Å². The van der Waals surface area contributed by atoms with Gasteiger partial charge in [-0.1, -0.05) is 42.6 Å². The van der Waals surface area contributed by atoms with Crippen LogP contribution in [0.2, 0.25) is 0 Å². The van der Waals surface area contributed by atoms with E-state index in [2.05, 4.69) is 13.2 Å². The molecule has 4 heteroatoms. The average molecular weight is 264 g/mol. The van der Waals surface area contributed by atoms with Crippen LogP contribution in [-0.2, 0) is 0 Å². The van der Waals surface area contributed by atoms with Crippen LogP contribution in [0.15, 0.2) is 49.6 Å². The summed E-state index contributed by atoms with van der Waals surface area (Å²) in [5, 5.41) is 0. The third-order valence-corrected chi connectivity index (χ3v) is 2.78. The molecule has 1 unspecified atom stereocenters. The van der Waals surface area contributed by atoms with E-state index in [9.17, 15) is 4.39 Å². The number of nitrogens with zero attached hydrogens (tertiary/aromatic N) is 1. The quantitative estimate of drug-likeness (QED) is 0.606. The van der Waals surface area contributed by atoms with Gasteiger partial charge in [0, 0.05) is 18.7 Å². The van der Waals surface area contributed by atoms with Crippen LogP contribution in [0.4, 0.5) is 4.39 Å². The largest absolute Gasteiger partial charge is 0.392 e. The lowest BCUT2D eigenvalue weighted by molar-refractivity contribution is 0.296. The summed E-state index contributed by atoms with van der Waals surface area (Å²) in [6, 6.07) is 6.06. The number of benzene rings is 1. The van der Waals surface area contributed by atoms with Crippen molar-refractivity contribution in [2.75, 3.05) is 13.1 Å². The Morgan fingerprint density at radius 3 is 2.33 bits per heavy atom. The number of thiocarbonyl (C=S) groups is 1. The molecule has 0 aromatic heterocycles. The zero-order valence-electron chi connectivity index (χ0n) is 10.2. The molecule has 0 amide bonds. The van der Waals surface area contributed by atoms with Crippen molar-refractivity contribution in [1.82, 2.24) is 4.90 Å². The SMILES string of the molecule is C=CCN(CC=C)C(C(N)=S)c1ccccc1F. The van der Waals surface area contributed by atoms with Gasteiger partial charge in [0.25, 0.3) is 0 Å². The third kappa shape index (κ3) is 3.48. The monoisotopic (exact) mass is 264 g/mol. The van der Waals surface area contributed by atoms with Crippen LogP contribution in [0, 0.1) is 5.82 Å². The molecule has 1 atom stereocenters. The Morgan fingerprint density at radius 1 is 1.33 bits per heavy atom. The van der Waals surface area contributed by atoms with E-state index in [1.54, 1.807) is 30.4 Å². The van der Waals surface area contributed by atoms with Gasteiger partial charge in [0.2, 0.25) is 0 Å². The predicted octanol–water partition coefficient (Wildman–Crippen LogP) is 2.83. The first-order valence-electron chi connectivity index (χ1n) is 5.61. The number of hydrogen-bond acceptors (Lipinski definition) is 2. The van der Waals surface area contributed by atoms with E-state index in [-0.39, 0.29) is 10.8 Å². The lowest BCUT2D eigenvalue weighted by Crippen LogP contribution is -2.37. The summed E-state index contributed by atoms with van der Waals surface area (Å²) in [5.74, 6) is -0.312. The molecule has 0 aliphatic carbocycles. The van der Waals surface area contributed by atoms with E-state index >= 15 is 0 Å². The van der Waals surface area contributed by atoms with E-state index in [0.29, 0.717) is 18.7 Å². The fraction of sp³-hybridized carbons (Fsp3) is 0.214. The number of nitrogens with two attached hydrogens (primary N) is 1. The molecule has 2 N–H and O–H groups in total. The molecule has 0 saturated heterocycles. The van der Waals surface area contributed by atoms with Crippen LogP contribution in [0.1, 0.15) is 11.6 Å². The summed E-state index contributed by atoms with van der Waals surface area (Å²) < 4.78 is 13.8. The topological polar surface area (TPSA) is 29.3 Å². The van der Waals surface area contributed by atoms with Crippen LogP contribution in [0.3, 0.4) is 0 Å². The zero-order chi connectivity index (χ0) is 13.5. The minimum atomic E-state index is -0.447. The first kappa shape index (κ1) is 14.5. The van der Waals surface area contributed by atoms with Gasteiger partial charge in [-0.2, -0.15) is 0 Å². The minimum Gasteiger partial charge on any atom is -0.392 e. The summed E-state index contributed by atoms with van der Waals surface area (Å²) >= 11 is 5.06. The van der Waals surface area contributed by atoms with Crippen molar-refractivity contribution in [3.63, 3.8) is 0 Å². The van der Waals surface area contributed by atoms with Crippen molar-refractivity contribution >= 4 is 17.2 Å². The molecule has 0 heterocycles. The molecular weight excluding hydrogens is 247 g/mol. The van der Waals surface area contributed by atoms with Crippen LogP contribution >= 0.6 is 12.2 Å². The van der Waals surface area contributed by atoms with Crippen LogP contribution in [0.25, 0.3) is 0 Å². The summed E-state index contributed by atoms with van der Waals surface area (Å²) in [6.45, 7) is 8.49. The van der Waals surface area contributed by atoms with Crippen molar-refractivity contribution in [2.24, 2.45) is 5.73 Å². The molecule has 1 aromatic rings. The molecule has 0 aliphatic heterocycles. The highest BCUT2D eigenvalue weighted by Crippen LogP contribution is 2.23. The highest BCUT2D eigenvalue weighted by atomic mass is 32.1. The molecule has 96 valence electrons. The van der Waals surface area contributed by atoms with Crippen molar-refractivity contribution in [2.45, 2.75) is 6.04 Å². The second-order valence-electron chi connectivity index (χ2n) is 3.86. The maximum Gasteiger partial charge on any atom is 0.128 e.